The first-order valence-electron chi connectivity index (χ1n) is 4.79. The van der Waals surface area contributed by atoms with Crippen molar-refractivity contribution < 1.29 is 4.79 Å². The van der Waals surface area contributed by atoms with Gasteiger partial charge in [-0.25, -0.2) is 0 Å². The van der Waals surface area contributed by atoms with E-state index in [1.165, 1.54) is 18.4 Å². The van der Waals surface area contributed by atoms with Crippen LogP contribution in [-0.2, 0) is 4.79 Å². The van der Waals surface area contributed by atoms with Crippen LogP contribution in [0.4, 0.5) is 0 Å². The minimum Gasteiger partial charge on any atom is -0.303 e. The summed E-state index contributed by atoms with van der Waals surface area (Å²) in [4.78, 5) is 10.4. The predicted molar refractivity (Wildman–Crippen MR) is 48.8 cm³/mol. The number of hydrogen-bond acceptors (Lipinski definition) is 1. The summed E-state index contributed by atoms with van der Waals surface area (Å²) in [6.07, 6.45) is 6.53. The Balaban J connectivity index is 2.18. The smallest absolute Gasteiger partial charge is 0.124 e. The monoisotopic (exact) mass is 164 g/mol. The Morgan fingerprint density at radius 2 is 2.42 bits per heavy atom. The summed E-state index contributed by atoms with van der Waals surface area (Å²) in [5.41, 5.74) is 1.88. The fourth-order valence-corrected chi connectivity index (χ4v) is 2.80. The van der Waals surface area contributed by atoms with Crippen LogP contribution in [0.15, 0.2) is 11.6 Å². The maximum atomic E-state index is 10.4. The zero-order valence-corrected chi connectivity index (χ0v) is 7.84. The van der Waals surface area contributed by atoms with E-state index in [1.54, 1.807) is 0 Å². The van der Waals surface area contributed by atoms with Crippen molar-refractivity contribution in [3.8, 4) is 0 Å². The molecule has 1 saturated carbocycles. The third-order valence-electron chi connectivity index (χ3n) is 3.90. The van der Waals surface area contributed by atoms with Gasteiger partial charge >= 0.3 is 0 Å². The van der Waals surface area contributed by atoms with Gasteiger partial charge in [-0.2, -0.15) is 0 Å². The van der Waals surface area contributed by atoms with Gasteiger partial charge in [-0.1, -0.05) is 25.5 Å². The standard InChI is InChI=1S/C11H16O/c1-11(2)9-4-3-8(5-6-12)10(11)7-9/h3,6,9-10H,4-5,7H2,1-2H3/t9?,10-/m0/s1. The maximum absolute atomic E-state index is 10.4. The first kappa shape index (κ1) is 8.03. The molecule has 0 amide bonds. The zero-order chi connectivity index (χ0) is 8.77. The second-order valence-corrected chi connectivity index (χ2v) is 4.69. The van der Waals surface area contributed by atoms with Gasteiger partial charge in [0.05, 0.1) is 0 Å². The molecule has 3 rings (SSSR count). The second kappa shape index (κ2) is 2.45. The molecule has 0 spiro atoms. The molecule has 2 bridgehead atoms. The van der Waals surface area contributed by atoms with Crippen molar-refractivity contribution in [1.82, 2.24) is 0 Å². The van der Waals surface area contributed by atoms with E-state index in [9.17, 15) is 4.79 Å². The molecule has 0 aromatic rings. The highest BCUT2D eigenvalue weighted by Gasteiger charge is 2.50. The number of rotatable bonds is 2. The topological polar surface area (TPSA) is 17.1 Å². The second-order valence-electron chi connectivity index (χ2n) is 4.69. The van der Waals surface area contributed by atoms with Crippen LogP contribution in [0.25, 0.3) is 0 Å². The Morgan fingerprint density at radius 1 is 1.67 bits per heavy atom. The quantitative estimate of drug-likeness (QED) is 0.453. The van der Waals surface area contributed by atoms with Crippen LogP contribution in [0.1, 0.15) is 33.1 Å². The van der Waals surface area contributed by atoms with Crippen LogP contribution in [-0.4, -0.2) is 6.29 Å². The maximum Gasteiger partial charge on any atom is 0.124 e. The molecule has 0 saturated heterocycles. The van der Waals surface area contributed by atoms with E-state index in [-0.39, 0.29) is 0 Å². The Bertz CT molecular complexity index is 237. The lowest BCUT2D eigenvalue weighted by atomic mass is 9.48. The fraction of sp³-hybridized carbons (Fsp3) is 0.727. The van der Waals surface area contributed by atoms with Gasteiger partial charge < -0.3 is 4.79 Å². The Morgan fingerprint density at radius 3 is 2.92 bits per heavy atom. The van der Waals surface area contributed by atoms with E-state index >= 15 is 0 Å². The highest BCUT2D eigenvalue weighted by Crippen LogP contribution is 2.59. The van der Waals surface area contributed by atoms with Crippen LogP contribution in [0.5, 0.6) is 0 Å². The molecule has 0 aliphatic heterocycles. The minimum absolute atomic E-state index is 0.479. The van der Waals surface area contributed by atoms with Crippen LogP contribution in [0.2, 0.25) is 0 Å². The molecule has 3 aliphatic carbocycles. The molecule has 0 radical (unpaired) electrons. The third kappa shape index (κ3) is 0.886. The Hall–Kier alpha value is -0.590. The van der Waals surface area contributed by atoms with E-state index < -0.39 is 0 Å². The SMILES string of the molecule is CC1(C)C2CC=C(CC=O)[C@@H]1C2. The summed E-state index contributed by atoms with van der Waals surface area (Å²) >= 11 is 0. The molecule has 0 N–H and O–H groups in total. The average molecular weight is 164 g/mol. The highest BCUT2D eigenvalue weighted by atomic mass is 16.1. The van der Waals surface area contributed by atoms with E-state index in [1.807, 2.05) is 0 Å². The molecule has 12 heavy (non-hydrogen) atoms. The molecule has 66 valence electrons. The van der Waals surface area contributed by atoms with Crippen molar-refractivity contribution >= 4 is 6.29 Å². The molecule has 1 fully saturated rings. The molecule has 0 aromatic heterocycles. The van der Waals surface area contributed by atoms with Crippen LogP contribution in [0.3, 0.4) is 0 Å². The molecule has 1 heteroatoms. The molecule has 0 heterocycles. The summed E-state index contributed by atoms with van der Waals surface area (Å²) in [5, 5.41) is 0. The summed E-state index contributed by atoms with van der Waals surface area (Å²) in [6.45, 7) is 4.67. The van der Waals surface area contributed by atoms with Crippen LogP contribution < -0.4 is 0 Å². The number of aldehydes is 1. The largest absolute Gasteiger partial charge is 0.303 e. The zero-order valence-electron chi connectivity index (χ0n) is 7.84. The minimum atomic E-state index is 0.479. The first-order valence-corrected chi connectivity index (χ1v) is 4.79. The molecular formula is C11H16O. The van der Waals surface area contributed by atoms with E-state index in [2.05, 4.69) is 19.9 Å². The van der Waals surface area contributed by atoms with Crippen molar-refractivity contribution in [3.05, 3.63) is 11.6 Å². The van der Waals surface area contributed by atoms with Gasteiger partial charge in [0.15, 0.2) is 0 Å². The van der Waals surface area contributed by atoms with Gasteiger partial charge in [-0.3, -0.25) is 0 Å². The van der Waals surface area contributed by atoms with Crippen LogP contribution >= 0.6 is 0 Å². The van der Waals surface area contributed by atoms with Crippen molar-refractivity contribution in [2.45, 2.75) is 33.1 Å². The normalized spacial score (nSPS) is 36.7. The lowest BCUT2D eigenvalue weighted by Crippen LogP contribution is -2.48. The van der Waals surface area contributed by atoms with Crippen molar-refractivity contribution in [1.29, 1.82) is 0 Å². The van der Waals surface area contributed by atoms with Gasteiger partial charge in [-0.15, -0.1) is 0 Å². The van der Waals surface area contributed by atoms with E-state index in [4.69, 9.17) is 0 Å². The molecule has 1 nitrogen and oxygen atoms in total. The van der Waals surface area contributed by atoms with Gasteiger partial charge in [0.2, 0.25) is 0 Å². The molecule has 0 aromatic carbocycles. The van der Waals surface area contributed by atoms with E-state index in [0.717, 1.165) is 12.2 Å². The van der Waals surface area contributed by atoms with Gasteiger partial charge in [0, 0.05) is 6.42 Å². The summed E-state index contributed by atoms with van der Waals surface area (Å²) in [5.74, 6) is 1.60. The van der Waals surface area contributed by atoms with Crippen molar-refractivity contribution in [3.63, 3.8) is 0 Å². The van der Waals surface area contributed by atoms with Crippen LogP contribution in [0, 0.1) is 17.3 Å². The van der Waals surface area contributed by atoms with Crippen molar-refractivity contribution in [2.75, 3.05) is 0 Å². The summed E-state index contributed by atoms with van der Waals surface area (Å²) in [7, 11) is 0. The van der Waals surface area contributed by atoms with Crippen molar-refractivity contribution in [2.24, 2.45) is 17.3 Å². The van der Waals surface area contributed by atoms with E-state index in [0.29, 0.717) is 17.8 Å². The summed E-state index contributed by atoms with van der Waals surface area (Å²) in [6, 6.07) is 0. The molecule has 1 unspecified atom stereocenters. The molecule has 3 aliphatic rings. The lowest BCUT2D eigenvalue weighted by Gasteiger charge is -2.56. The van der Waals surface area contributed by atoms with Gasteiger partial charge in [0.1, 0.15) is 6.29 Å². The number of carbonyl (C=O) groups excluding carboxylic acids is 1. The number of hydrogen-bond donors (Lipinski definition) is 0. The predicted octanol–water partition coefficient (Wildman–Crippen LogP) is 2.57. The van der Waals surface area contributed by atoms with Gasteiger partial charge in [-0.05, 0) is 30.1 Å². The number of fused-ring (bicyclic) bond motifs is 1. The average Bonchev–Trinajstić information content (AvgIpc) is 2.05. The van der Waals surface area contributed by atoms with Gasteiger partial charge in [0.25, 0.3) is 0 Å². The number of carbonyl (C=O) groups is 1. The third-order valence-corrected chi connectivity index (χ3v) is 3.90. The molecular weight excluding hydrogens is 148 g/mol. The fourth-order valence-electron chi connectivity index (χ4n) is 2.80. The number of allylic oxidation sites excluding steroid dienone is 2. The Labute approximate surface area is 73.8 Å². The highest BCUT2D eigenvalue weighted by molar-refractivity contribution is 5.55. The molecule has 2 atom stereocenters. The lowest BCUT2D eigenvalue weighted by molar-refractivity contribution is -0.107. The first-order chi connectivity index (χ1) is 5.66. The summed E-state index contributed by atoms with van der Waals surface area (Å²) < 4.78 is 0. The Kier molecular flexibility index (Phi) is 1.64.